The number of nitrogens with one attached hydrogen (secondary N) is 1. The normalized spacial score (nSPS) is 16.9. The van der Waals surface area contributed by atoms with Gasteiger partial charge in [-0.2, -0.15) is 0 Å². The van der Waals surface area contributed by atoms with Crippen LogP contribution in [0.3, 0.4) is 0 Å². The summed E-state index contributed by atoms with van der Waals surface area (Å²) in [6.45, 7) is 0.385. The number of amides is 1. The largest absolute Gasteiger partial charge is 0.481 e. The lowest BCUT2D eigenvalue weighted by molar-refractivity contribution is -0.141. The summed E-state index contributed by atoms with van der Waals surface area (Å²) in [5, 5.41) is 11.6. The number of hydrogen-bond acceptors (Lipinski definition) is 3. The van der Waals surface area contributed by atoms with Crippen LogP contribution in [0.2, 0.25) is 0 Å². The molecule has 1 aliphatic carbocycles. The van der Waals surface area contributed by atoms with E-state index in [0.29, 0.717) is 11.2 Å². The first kappa shape index (κ1) is 13.1. The number of furan rings is 1. The molecule has 0 radical (unpaired) electrons. The summed E-state index contributed by atoms with van der Waals surface area (Å²) in [6.07, 6.45) is 2.83. The van der Waals surface area contributed by atoms with Gasteiger partial charge < -0.3 is 14.8 Å². The lowest BCUT2D eigenvalue weighted by Crippen LogP contribution is -2.43. The summed E-state index contributed by atoms with van der Waals surface area (Å²) in [4.78, 5) is 22.5. The van der Waals surface area contributed by atoms with Crippen LogP contribution in [0.5, 0.6) is 0 Å². The van der Waals surface area contributed by atoms with Crippen LogP contribution in [0.1, 0.15) is 36.2 Å². The number of hydrogen-bond donors (Lipinski definition) is 2. The SMILES string of the molecule is O=C(O)CC1(CNC(=O)c2ccc(Br)o2)CCC1. The number of carboxylic acids is 1. The zero-order chi connectivity index (χ0) is 13.2. The summed E-state index contributed by atoms with van der Waals surface area (Å²) in [5.41, 5.74) is -0.273. The van der Waals surface area contributed by atoms with E-state index in [4.69, 9.17) is 9.52 Å². The van der Waals surface area contributed by atoms with Crippen molar-refractivity contribution in [3.05, 3.63) is 22.6 Å². The topological polar surface area (TPSA) is 79.5 Å². The van der Waals surface area contributed by atoms with Crippen molar-refractivity contribution in [3.8, 4) is 0 Å². The molecular weight excluding hydrogens is 302 g/mol. The average molecular weight is 316 g/mol. The fourth-order valence-electron chi connectivity index (χ4n) is 2.20. The second-order valence-electron chi connectivity index (χ2n) is 4.71. The summed E-state index contributed by atoms with van der Waals surface area (Å²) < 4.78 is 5.63. The van der Waals surface area contributed by atoms with E-state index in [-0.39, 0.29) is 23.5 Å². The minimum atomic E-state index is -0.815. The number of carbonyl (C=O) groups is 2. The summed E-state index contributed by atoms with van der Waals surface area (Å²) in [5.74, 6) is -0.895. The molecular formula is C12H14BrNO4. The highest BCUT2D eigenvalue weighted by molar-refractivity contribution is 9.10. The van der Waals surface area contributed by atoms with Crippen LogP contribution in [0.15, 0.2) is 21.2 Å². The molecule has 98 valence electrons. The molecule has 0 bridgehead atoms. The fourth-order valence-corrected chi connectivity index (χ4v) is 2.51. The minimum Gasteiger partial charge on any atom is -0.481 e. The molecule has 1 aromatic heterocycles. The van der Waals surface area contributed by atoms with E-state index < -0.39 is 5.97 Å². The van der Waals surface area contributed by atoms with Gasteiger partial charge in [-0.3, -0.25) is 9.59 Å². The molecule has 0 aromatic carbocycles. The molecule has 0 unspecified atom stereocenters. The Labute approximate surface area is 113 Å². The van der Waals surface area contributed by atoms with E-state index in [1.807, 2.05) is 0 Å². The van der Waals surface area contributed by atoms with E-state index in [2.05, 4.69) is 21.2 Å². The molecule has 1 saturated carbocycles. The van der Waals surface area contributed by atoms with Crippen molar-refractivity contribution in [2.45, 2.75) is 25.7 Å². The van der Waals surface area contributed by atoms with Crippen LogP contribution in [-0.2, 0) is 4.79 Å². The molecule has 5 nitrogen and oxygen atoms in total. The number of aliphatic carboxylic acids is 1. The average Bonchev–Trinajstić information content (AvgIpc) is 2.68. The van der Waals surface area contributed by atoms with Crippen molar-refractivity contribution in [2.24, 2.45) is 5.41 Å². The minimum absolute atomic E-state index is 0.106. The van der Waals surface area contributed by atoms with Gasteiger partial charge in [0.1, 0.15) is 0 Å². The molecule has 18 heavy (non-hydrogen) atoms. The van der Waals surface area contributed by atoms with Gasteiger partial charge in [-0.25, -0.2) is 0 Å². The third-order valence-electron chi connectivity index (χ3n) is 3.36. The Morgan fingerprint density at radius 3 is 2.61 bits per heavy atom. The van der Waals surface area contributed by atoms with Gasteiger partial charge in [0.05, 0.1) is 6.42 Å². The highest BCUT2D eigenvalue weighted by Gasteiger charge is 2.39. The summed E-state index contributed by atoms with van der Waals surface area (Å²) in [7, 11) is 0. The first-order chi connectivity index (χ1) is 8.51. The maximum absolute atomic E-state index is 11.8. The number of rotatable bonds is 5. The zero-order valence-electron chi connectivity index (χ0n) is 9.74. The van der Waals surface area contributed by atoms with Crippen molar-refractivity contribution in [2.75, 3.05) is 6.54 Å². The third-order valence-corrected chi connectivity index (χ3v) is 3.79. The van der Waals surface area contributed by atoms with Gasteiger partial charge in [0.25, 0.3) is 5.91 Å². The van der Waals surface area contributed by atoms with Crippen molar-refractivity contribution < 1.29 is 19.1 Å². The van der Waals surface area contributed by atoms with Crippen LogP contribution < -0.4 is 5.32 Å². The van der Waals surface area contributed by atoms with Crippen LogP contribution in [0.4, 0.5) is 0 Å². The second kappa shape index (κ2) is 5.14. The third kappa shape index (κ3) is 2.93. The molecule has 1 aromatic rings. The van der Waals surface area contributed by atoms with Gasteiger partial charge in [-0.05, 0) is 46.3 Å². The van der Waals surface area contributed by atoms with E-state index >= 15 is 0 Å². The van der Waals surface area contributed by atoms with E-state index in [1.54, 1.807) is 12.1 Å². The summed E-state index contributed by atoms with van der Waals surface area (Å²) in [6, 6.07) is 3.22. The Bertz CT molecular complexity index is 464. The molecule has 0 aliphatic heterocycles. The van der Waals surface area contributed by atoms with Crippen molar-refractivity contribution in [1.82, 2.24) is 5.32 Å². The lowest BCUT2D eigenvalue weighted by Gasteiger charge is -2.40. The lowest BCUT2D eigenvalue weighted by atomic mass is 9.66. The van der Waals surface area contributed by atoms with Gasteiger partial charge in [0.2, 0.25) is 0 Å². The predicted molar refractivity (Wildman–Crippen MR) is 67.3 cm³/mol. The molecule has 1 fully saturated rings. The van der Waals surface area contributed by atoms with Crippen LogP contribution in [-0.4, -0.2) is 23.5 Å². The van der Waals surface area contributed by atoms with Crippen molar-refractivity contribution in [1.29, 1.82) is 0 Å². The molecule has 1 amide bonds. The zero-order valence-corrected chi connectivity index (χ0v) is 11.3. The second-order valence-corrected chi connectivity index (χ2v) is 5.49. The Morgan fingerprint density at radius 1 is 1.44 bits per heavy atom. The maximum atomic E-state index is 11.8. The Balaban J connectivity index is 1.90. The van der Waals surface area contributed by atoms with Gasteiger partial charge in [-0.15, -0.1) is 0 Å². The first-order valence-corrected chi connectivity index (χ1v) is 6.55. The molecule has 0 atom stereocenters. The van der Waals surface area contributed by atoms with E-state index in [1.165, 1.54) is 0 Å². The highest BCUT2D eigenvalue weighted by atomic mass is 79.9. The van der Waals surface area contributed by atoms with Gasteiger partial charge >= 0.3 is 5.97 Å². The molecule has 2 rings (SSSR count). The highest BCUT2D eigenvalue weighted by Crippen LogP contribution is 2.43. The number of carboxylic acid groups (broad SMARTS) is 1. The Hall–Kier alpha value is -1.30. The van der Waals surface area contributed by atoms with Crippen LogP contribution in [0.25, 0.3) is 0 Å². The predicted octanol–water partition coefficient (Wildman–Crippen LogP) is 2.42. The van der Waals surface area contributed by atoms with Crippen LogP contribution in [0, 0.1) is 5.41 Å². The van der Waals surface area contributed by atoms with Gasteiger partial charge in [-0.1, -0.05) is 6.42 Å². The number of halogens is 1. The van der Waals surface area contributed by atoms with E-state index in [0.717, 1.165) is 19.3 Å². The monoisotopic (exact) mass is 315 g/mol. The van der Waals surface area contributed by atoms with Gasteiger partial charge in [0.15, 0.2) is 10.4 Å². The number of carbonyl (C=O) groups excluding carboxylic acids is 1. The molecule has 6 heteroatoms. The van der Waals surface area contributed by atoms with Gasteiger partial charge in [0, 0.05) is 6.54 Å². The maximum Gasteiger partial charge on any atom is 0.303 e. The molecule has 1 aliphatic rings. The molecule has 2 N–H and O–H groups in total. The summed E-state index contributed by atoms with van der Waals surface area (Å²) >= 11 is 3.12. The first-order valence-electron chi connectivity index (χ1n) is 5.76. The van der Waals surface area contributed by atoms with Crippen LogP contribution >= 0.6 is 15.9 Å². The molecule has 1 heterocycles. The fraction of sp³-hybridized carbons (Fsp3) is 0.500. The molecule has 0 saturated heterocycles. The van der Waals surface area contributed by atoms with E-state index in [9.17, 15) is 9.59 Å². The smallest absolute Gasteiger partial charge is 0.303 e. The quantitative estimate of drug-likeness (QED) is 0.874. The Kier molecular flexibility index (Phi) is 3.75. The molecule has 0 spiro atoms. The van der Waals surface area contributed by atoms with Crippen molar-refractivity contribution >= 4 is 27.8 Å². The Morgan fingerprint density at radius 2 is 2.17 bits per heavy atom. The van der Waals surface area contributed by atoms with Crippen molar-refractivity contribution in [3.63, 3.8) is 0 Å². The standard InChI is InChI=1S/C12H14BrNO4/c13-9-3-2-8(18-9)11(17)14-7-12(4-1-5-12)6-10(15)16/h2-3H,1,4-7H2,(H,14,17)(H,15,16).